The van der Waals surface area contributed by atoms with Crippen LogP contribution in [0.4, 0.5) is 5.69 Å². The van der Waals surface area contributed by atoms with Crippen LogP contribution in [-0.4, -0.2) is 60.5 Å². The molecule has 0 bridgehead atoms. The van der Waals surface area contributed by atoms with Crippen LogP contribution in [0.5, 0.6) is 0 Å². The second-order valence-electron chi connectivity index (χ2n) is 7.15. The summed E-state index contributed by atoms with van der Waals surface area (Å²) in [6.07, 6.45) is 1.72. The number of ether oxygens (including phenoxy) is 1. The molecule has 1 aromatic carbocycles. The minimum atomic E-state index is -0.520. The van der Waals surface area contributed by atoms with Crippen LogP contribution in [0.2, 0.25) is 0 Å². The predicted molar refractivity (Wildman–Crippen MR) is 103 cm³/mol. The van der Waals surface area contributed by atoms with Crippen LogP contribution >= 0.6 is 0 Å². The van der Waals surface area contributed by atoms with Crippen LogP contribution in [0.1, 0.15) is 23.0 Å². The summed E-state index contributed by atoms with van der Waals surface area (Å²) >= 11 is 0. The van der Waals surface area contributed by atoms with Gasteiger partial charge in [0.25, 0.3) is 0 Å². The van der Waals surface area contributed by atoms with Gasteiger partial charge in [-0.1, -0.05) is 29.8 Å². The van der Waals surface area contributed by atoms with Gasteiger partial charge in [0.2, 0.25) is 11.7 Å². The molecule has 4 rings (SSSR count). The lowest BCUT2D eigenvalue weighted by molar-refractivity contribution is -0.120. The minimum Gasteiger partial charge on any atom is -0.379 e. The van der Waals surface area contributed by atoms with Crippen molar-refractivity contribution in [3.05, 3.63) is 47.8 Å². The van der Waals surface area contributed by atoms with Crippen LogP contribution in [-0.2, 0) is 9.53 Å². The second kappa shape index (κ2) is 7.21. The SMILES string of the molecule is Cc1cccc(-c2cnc3c(c2)N(C(=O)CN2CCOCC2)C(C)C3=O)c1. The predicted octanol–water partition coefficient (Wildman–Crippen LogP) is 2.31. The van der Waals surface area contributed by atoms with Gasteiger partial charge >= 0.3 is 0 Å². The van der Waals surface area contributed by atoms with Crippen molar-refractivity contribution in [1.29, 1.82) is 0 Å². The zero-order chi connectivity index (χ0) is 19.0. The lowest BCUT2D eigenvalue weighted by Gasteiger charge is -2.29. The maximum atomic E-state index is 13.0. The molecule has 3 heterocycles. The zero-order valence-corrected chi connectivity index (χ0v) is 15.6. The molecule has 0 radical (unpaired) electrons. The number of hydrogen-bond acceptors (Lipinski definition) is 5. The van der Waals surface area contributed by atoms with Gasteiger partial charge in [0.1, 0.15) is 5.69 Å². The van der Waals surface area contributed by atoms with E-state index in [1.54, 1.807) is 18.0 Å². The fourth-order valence-electron chi connectivity index (χ4n) is 3.71. The van der Waals surface area contributed by atoms with Crippen LogP contribution < -0.4 is 4.90 Å². The highest BCUT2D eigenvalue weighted by atomic mass is 16.5. The Morgan fingerprint density at radius 1 is 1.22 bits per heavy atom. The number of pyridine rings is 1. The van der Waals surface area contributed by atoms with E-state index in [4.69, 9.17) is 4.74 Å². The van der Waals surface area contributed by atoms with Crippen molar-refractivity contribution < 1.29 is 14.3 Å². The van der Waals surface area contributed by atoms with Crippen molar-refractivity contribution in [2.75, 3.05) is 37.7 Å². The molecule has 2 aromatic rings. The Hall–Kier alpha value is -2.57. The quantitative estimate of drug-likeness (QED) is 0.835. The maximum absolute atomic E-state index is 13.0. The number of hydrogen-bond donors (Lipinski definition) is 0. The first-order valence-electron chi connectivity index (χ1n) is 9.28. The number of benzene rings is 1. The lowest BCUT2D eigenvalue weighted by atomic mass is 10.0. The number of rotatable bonds is 3. The van der Waals surface area contributed by atoms with Gasteiger partial charge < -0.3 is 4.74 Å². The lowest BCUT2D eigenvalue weighted by Crippen LogP contribution is -2.47. The number of aryl methyl sites for hydroxylation is 1. The average Bonchev–Trinajstić information content (AvgIpc) is 2.93. The van der Waals surface area contributed by atoms with Gasteiger partial charge in [-0.05, 0) is 25.5 Å². The zero-order valence-electron chi connectivity index (χ0n) is 15.6. The molecule has 6 nitrogen and oxygen atoms in total. The molecule has 27 heavy (non-hydrogen) atoms. The summed E-state index contributed by atoms with van der Waals surface area (Å²) in [5.41, 5.74) is 4.08. The smallest absolute Gasteiger partial charge is 0.241 e. The normalized spacial score (nSPS) is 20.0. The van der Waals surface area contributed by atoms with E-state index in [0.717, 1.165) is 29.8 Å². The minimum absolute atomic E-state index is 0.0697. The highest BCUT2D eigenvalue weighted by Gasteiger charge is 2.39. The molecule has 2 aliphatic heterocycles. The van der Waals surface area contributed by atoms with Gasteiger partial charge in [-0.25, -0.2) is 0 Å². The summed E-state index contributed by atoms with van der Waals surface area (Å²) in [7, 11) is 0. The van der Waals surface area contributed by atoms with E-state index in [2.05, 4.69) is 16.0 Å². The number of amides is 1. The van der Waals surface area contributed by atoms with Gasteiger partial charge in [0.15, 0.2) is 0 Å². The Labute approximate surface area is 158 Å². The molecule has 0 saturated carbocycles. The van der Waals surface area contributed by atoms with Gasteiger partial charge in [0, 0.05) is 24.8 Å². The third kappa shape index (κ3) is 3.38. The summed E-state index contributed by atoms with van der Waals surface area (Å²) in [4.78, 5) is 33.7. The maximum Gasteiger partial charge on any atom is 0.241 e. The van der Waals surface area contributed by atoms with E-state index < -0.39 is 6.04 Å². The molecule has 0 aliphatic carbocycles. The Bertz CT molecular complexity index is 890. The number of Topliss-reactive ketones (excluding diaryl/α,β-unsaturated/α-hetero) is 1. The van der Waals surface area contributed by atoms with Crippen LogP contribution in [0.15, 0.2) is 36.5 Å². The Kier molecular flexibility index (Phi) is 4.76. The first-order valence-corrected chi connectivity index (χ1v) is 9.28. The topological polar surface area (TPSA) is 62.7 Å². The first kappa shape index (κ1) is 17.8. The molecular weight excluding hydrogens is 342 g/mol. The molecule has 0 N–H and O–H groups in total. The van der Waals surface area contributed by atoms with Crippen molar-refractivity contribution in [1.82, 2.24) is 9.88 Å². The van der Waals surface area contributed by atoms with Gasteiger partial charge in [-0.15, -0.1) is 0 Å². The molecule has 1 atom stereocenters. The number of morpholine rings is 1. The number of anilines is 1. The Balaban J connectivity index is 1.65. The van der Waals surface area contributed by atoms with Crippen molar-refractivity contribution in [2.45, 2.75) is 19.9 Å². The van der Waals surface area contributed by atoms with E-state index in [-0.39, 0.29) is 18.2 Å². The number of ketones is 1. The fraction of sp³-hybridized carbons (Fsp3) is 0.381. The standard InChI is InChI=1S/C21H23N3O3/c1-14-4-3-5-16(10-14)17-11-18-20(22-12-17)21(26)15(2)24(18)19(25)13-23-6-8-27-9-7-23/h3-5,10-12,15H,6-9,13H2,1-2H3. The van der Waals surface area contributed by atoms with E-state index in [1.165, 1.54) is 0 Å². The van der Waals surface area contributed by atoms with Crippen LogP contribution in [0.3, 0.4) is 0 Å². The first-order chi connectivity index (χ1) is 13.0. The number of fused-ring (bicyclic) bond motifs is 1. The molecule has 0 spiro atoms. The molecule has 1 saturated heterocycles. The van der Waals surface area contributed by atoms with Crippen LogP contribution in [0, 0.1) is 6.92 Å². The summed E-state index contributed by atoms with van der Waals surface area (Å²) < 4.78 is 5.34. The van der Waals surface area contributed by atoms with E-state index in [1.807, 2.05) is 31.2 Å². The molecule has 1 fully saturated rings. The third-order valence-corrected chi connectivity index (χ3v) is 5.21. The Morgan fingerprint density at radius 2 is 2.00 bits per heavy atom. The molecule has 1 unspecified atom stereocenters. The van der Waals surface area contributed by atoms with Gasteiger partial charge in [-0.3, -0.25) is 24.4 Å². The molecule has 2 aliphatic rings. The number of carbonyl (C=O) groups excluding carboxylic acids is 2. The van der Waals surface area contributed by atoms with Gasteiger partial charge in [0.05, 0.1) is 31.5 Å². The van der Waals surface area contributed by atoms with E-state index in [0.29, 0.717) is 24.6 Å². The van der Waals surface area contributed by atoms with Gasteiger partial charge in [-0.2, -0.15) is 0 Å². The van der Waals surface area contributed by atoms with Crippen molar-refractivity contribution in [3.8, 4) is 11.1 Å². The molecule has 6 heteroatoms. The molecule has 1 amide bonds. The number of nitrogens with zero attached hydrogens (tertiary/aromatic N) is 3. The third-order valence-electron chi connectivity index (χ3n) is 5.21. The van der Waals surface area contributed by atoms with E-state index in [9.17, 15) is 9.59 Å². The fourth-order valence-corrected chi connectivity index (χ4v) is 3.71. The summed E-state index contributed by atoms with van der Waals surface area (Å²) in [6.45, 7) is 6.83. The van der Waals surface area contributed by atoms with Crippen LogP contribution in [0.25, 0.3) is 11.1 Å². The van der Waals surface area contributed by atoms with Crippen molar-refractivity contribution in [2.24, 2.45) is 0 Å². The summed E-state index contributed by atoms with van der Waals surface area (Å²) in [5, 5.41) is 0. The van der Waals surface area contributed by atoms with Crippen molar-refractivity contribution in [3.63, 3.8) is 0 Å². The average molecular weight is 365 g/mol. The number of aromatic nitrogens is 1. The molecule has 140 valence electrons. The highest BCUT2D eigenvalue weighted by Crippen LogP contribution is 2.34. The molecular formula is C21H23N3O3. The summed E-state index contributed by atoms with van der Waals surface area (Å²) in [5.74, 6) is -0.171. The van der Waals surface area contributed by atoms with E-state index >= 15 is 0 Å². The Morgan fingerprint density at radius 3 is 2.74 bits per heavy atom. The largest absolute Gasteiger partial charge is 0.379 e. The highest BCUT2D eigenvalue weighted by molar-refractivity contribution is 6.17. The summed E-state index contributed by atoms with van der Waals surface area (Å²) in [6, 6.07) is 9.50. The monoisotopic (exact) mass is 365 g/mol. The van der Waals surface area contributed by atoms with Crippen molar-refractivity contribution >= 4 is 17.4 Å². The molecule has 1 aromatic heterocycles. The second-order valence-corrected chi connectivity index (χ2v) is 7.15. The number of carbonyl (C=O) groups is 2.